The summed E-state index contributed by atoms with van der Waals surface area (Å²) in [6.45, 7) is 12.0. The van der Waals surface area contributed by atoms with E-state index in [0.717, 1.165) is 51.5 Å². The molecule has 0 spiro atoms. The molecular formula is C21H25N5S. The second-order valence-corrected chi connectivity index (χ2v) is 8.48. The molecule has 3 rings (SSSR count). The number of hydrogen-bond donors (Lipinski definition) is 2. The highest BCUT2D eigenvalue weighted by Crippen LogP contribution is 2.28. The number of aryl methyl sites for hydroxylation is 1. The Balaban J connectivity index is 1.77. The Bertz CT molecular complexity index is 934. The molecule has 0 unspecified atom stereocenters. The van der Waals surface area contributed by atoms with Crippen molar-refractivity contribution in [2.75, 3.05) is 13.1 Å². The van der Waals surface area contributed by atoms with Gasteiger partial charge in [0.2, 0.25) is 5.96 Å². The summed E-state index contributed by atoms with van der Waals surface area (Å²) in [6.07, 6.45) is 0. The van der Waals surface area contributed by atoms with Crippen LogP contribution in [-0.2, 0) is 0 Å². The number of benzene rings is 1. The number of hydrazone groups is 1. The molecule has 0 radical (unpaired) electrons. The zero-order valence-electron chi connectivity index (χ0n) is 16.5. The Morgan fingerprint density at radius 3 is 2.63 bits per heavy atom. The highest BCUT2D eigenvalue weighted by atomic mass is 32.1. The van der Waals surface area contributed by atoms with Crippen LogP contribution in [0.2, 0.25) is 0 Å². The van der Waals surface area contributed by atoms with E-state index >= 15 is 0 Å². The maximum atomic E-state index is 4.72. The third kappa shape index (κ3) is 5.18. The Hall–Kier alpha value is -2.65. The summed E-state index contributed by atoms with van der Waals surface area (Å²) in [6, 6.07) is 8.26. The Morgan fingerprint density at radius 1 is 1.26 bits per heavy atom. The lowest BCUT2D eigenvalue weighted by Gasteiger charge is -2.06. The van der Waals surface area contributed by atoms with E-state index in [0.29, 0.717) is 0 Å². The predicted octanol–water partition coefficient (Wildman–Crippen LogP) is 3.79. The average molecular weight is 380 g/mol. The molecule has 0 saturated carbocycles. The smallest absolute Gasteiger partial charge is 0.212 e. The second kappa shape index (κ2) is 7.93. The van der Waals surface area contributed by atoms with Crippen molar-refractivity contribution in [2.24, 2.45) is 15.5 Å². The van der Waals surface area contributed by atoms with E-state index in [4.69, 9.17) is 4.98 Å². The van der Waals surface area contributed by atoms with Crippen LogP contribution >= 0.6 is 11.3 Å². The van der Waals surface area contributed by atoms with Crippen molar-refractivity contribution in [2.45, 2.75) is 34.6 Å². The van der Waals surface area contributed by atoms with Crippen molar-refractivity contribution < 1.29 is 0 Å². The predicted molar refractivity (Wildman–Crippen MR) is 114 cm³/mol. The van der Waals surface area contributed by atoms with Crippen molar-refractivity contribution in [3.05, 3.63) is 40.4 Å². The number of hydrogen-bond acceptors (Lipinski definition) is 6. The minimum atomic E-state index is 0.00444. The average Bonchev–Trinajstić information content (AvgIpc) is 3.27. The summed E-state index contributed by atoms with van der Waals surface area (Å²) in [5.74, 6) is 7.22. The van der Waals surface area contributed by atoms with Crippen molar-refractivity contribution in [3.63, 3.8) is 0 Å². The highest BCUT2D eigenvalue weighted by molar-refractivity contribution is 7.17. The molecule has 2 heterocycles. The third-order valence-corrected chi connectivity index (χ3v) is 5.16. The molecule has 2 N–H and O–H groups in total. The van der Waals surface area contributed by atoms with Gasteiger partial charge in [0.1, 0.15) is 5.01 Å². The van der Waals surface area contributed by atoms with E-state index < -0.39 is 0 Å². The van der Waals surface area contributed by atoms with Gasteiger partial charge in [-0.15, -0.1) is 11.3 Å². The van der Waals surface area contributed by atoms with Crippen LogP contribution in [0.5, 0.6) is 0 Å². The zero-order chi connectivity index (χ0) is 19.4. The molecule has 0 saturated heterocycles. The SMILES string of the molecule is C/C(=N\NC1=NCCN1)c1sc(-c2ccc(C#CC(C)(C)C)cc2)nc1C. The van der Waals surface area contributed by atoms with Gasteiger partial charge < -0.3 is 5.32 Å². The van der Waals surface area contributed by atoms with Crippen molar-refractivity contribution >= 4 is 23.0 Å². The lowest BCUT2D eigenvalue weighted by atomic mass is 9.97. The third-order valence-electron chi connectivity index (χ3n) is 3.84. The van der Waals surface area contributed by atoms with Gasteiger partial charge in [-0.2, -0.15) is 5.10 Å². The van der Waals surface area contributed by atoms with E-state index in [1.165, 1.54) is 0 Å². The normalized spacial score (nSPS) is 14.3. The van der Waals surface area contributed by atoms with Crippen LogP contribution in [0.25, 0.3) is 10.6 Å². The number of rotatable bonds is 3. The fourth-order valence-corrected chi connectivity index (χ4v) is 3.49. The second-order valence-electron chi connectivity index (χ2n) is 7.48. The minimum Gasteiger partial charge on any atom is -0.353 e. The molecule has 1 aliphatic heterocycles. The topological polar surface area (TPSA) is 61.7 Å². The Kier molecular flexibility index (Phi) is 5.62. The lowest BCUT2D eigenvalue weighted by molar-refractivity contribution is 0.571. The van der Waals surface area contributed by atoms with Crippen LogP contribution in [0.1, 0.15) is 43.8 Å². The van der Waals surface area contributed by atoms with Crippen molar-refractivity contribution in [1.82, 2.24) is 15.7 Å². The molecule has 27 heavy (non-hydrogen) atoms. The number of aromatic nitrogens is 1. The molecule has 1 aromatic heterocycles. The summed E-state index contributed by atoms with van der Waals surface area (Å²) >= 11 is 1.65. The van der Waals surface area contributed by atoms with Gasteiger partial charge in [-0.3, -0.25) is 0 Å². The van der Waals surface area contributed by atoms with E-state index in [-0.39, 0.29) is 5.41 Å². The van der Waals surface area contributed by atoms with Crippen molar-refractivity contribution in [1.29, 1.82) is 0 Å². The molecule has 1 aromatic carbocycles. The van der Waals surface area contributed by atoms with Gasteiger partial charge >= 0.3 is 0 Å². The fourth-order valence-electron chi connectivity index (χ4n) is 2.47. The minimum absolute atomic E-state index is 0.00444. The zero-order valence-corrected chi connectivity index (χ0v) is 17.3. The van der Waals surface area contributed by atoms with E-state index in [1.807, 2.05) is 13.8 Å². The summed E-state index contributed by atoms with van der Waals surface area (Å²) in [5, 5.41) is 8.56. The van der Waals surface area contributed by atoms with Crippen LogP contribution in [0.3, 0.4) is 0 Å². The number of aliphatic imine (C=N–C) groups is 1. The van der Waals surface area contributed by atoms with Crippen molar-refractivity contribution in [3.8, 4) is 22.4 Å². The maximum Gasteiger partial charge on any atom is 0.212 e. The fraction of sp³-hybridized carbons (Fsp3) is 0.381. The molecule has 0 atom stereocenters. The summed E-state index contributed by atoms with van der Waals surface area (Å²) in [4.78, 5) is 10.1. The van der Waals surface area contributed by atoms with E-state index in [2.05, 4.69) is 77.7 Å². The first-order chi connectivity index (χ1) is 12.8. The van der Waals surface area contributed by atoms with Gasteiger partial charge in [0.15, 0.2) is 0 Å². The molecule has 2 aromatic rings. The maximum absolute atomic E-state index is 4.72. The molecule has 6 heteroatoms. The number of nitrogens with zero attached hydrogens (tertiary/aromatic N) is 3. The Morgan fingerprint density at radius 2 is 2.00 bits per heavy atom. The molecule has 1 aliphatic rings. The molecule has 0 bridgehead atoms. The van der Waals surface area contributed by atoms with Crippen LogP contribution in [-0.4, -0.2) is 29.7 Å². The summed E-state index contributed by atoms with van der Waals surface area (Å²) in [7, 11) is 0. The molecule has 5 nitrogen and oxygen atoms in total. The Labute approximate surface area is 165 Å². The molecule has 140 valence electrons. The summed E-state index contributed by atoms with van der Waals surface area (Å²) in [5.41, 5.74) is 6.99. The van der Waals surface area contributed by atoms with E-state index in [1.54, 1.807) is 11.3 Å². The van der Waals surface area contributed by atoms with Crippen LogP contribution < -0.4 is 10.7 Å². The van der Waals surface area contributed by atoms with Crippen LogP contribution in [0, 0.1) is 24.2 Å². The van der Waals surface area contributed by atoms with Crippen LogP contribution in [0.15, 0.2) is 34.4 Å². The van der Waals surface area contributed by atoms with Gasteiger partial charge in [-0.25, -0.2) is 15.4 Å². The summed E-state index contributed by atoms with van der Waals surface area (Å²) < 4.78 is 0. The van der Waals surface area contributed by atoms with E-state index in [9.17, 15) is 0 Å². The van der Waals surface area contributed by atoms with Gasteiger partial charge in [0.05, 0.1) is 22.8 Å². The number of thiazole rings is 1. The monoisotopic (exact) mass is 379 g/mol. The number of nitrogens with one attached hydrogen (secondary N) is 2. The first-order valence-corrected chi connectivity index (χ1v) is 9.83. The van der Waals surface area contributed by atoms with Gasteiger partial charge in [-0.05, 0) is 46.8 Å². The lowest BCUT2D eigenvalue weighted by Crippen LogP contribution is -2.30. The molecule has 0 aliphatic carbocycles. The van der Waals surface area contributed by atoms with Crippen LogP contribution in [0.4, 0.5) is 0 Å². The quantitative estimate of drug-likeness (QED) is 0.485. The van der Waals surface area contributed by atoms with Gasteiger partial charge in [0, 0.05) is 23.1 Å². The first kappa shape index (κ1) is 19.1. The number of guanidine groups is 1. The largest absolute Gasteiger partial charge is 0.353 e. The highest BCUT2D eigenvalue weighted by Gasteiger charge is 2.13. The first-order valence-electron chi connectivity index (χ1n) is 9.02. The standard InChI is InChI=1S/C21H25N5S/c1-14-18(15(2)25-26-20-22-12-13-23-20)27-19(24-14)17-8-6-16(7-9-17)10-11-21(3,4)5/h6-9H,12-13H2,1-5H3,(H2,22,23,26)/b25-15+. The molecular weight excluding hydrogens is 354 g/mol. The molecule has 0 fully saturated rings. The van der Waals surface area contributed by atoms with Gasteiger partial charge in [-0.1, -0.05) is 24.0 Å². The molecule has 0 amide bonds. The van der Waals surface area contributed by atoms with Gasteiger partial charge in [0.25, 0.3) is 0 Å².